The third-order valence-corrected chi connectivity index (χ3v) is 2.98. The van der Waals surface area contributed by atoms with Crippen molar-refractivity contribution in [1.29, 1.82) is 0 Å². The third-order valence-electron chi connectivity index (χ3n) is 2.98. The lowest BCUT2D eigenvalue weighted by Gasteiger charge is -2.09. The molecule has 0 bridgehead atoms. The van der Waals surface area contributed by atoms with E-state index in [4.69, 9.17) is 5.73 Å². The Kier molecular flexibility index (Phi) is 3.00. The van der Waals surface area contributed by atoms with E-state index in [9.17, 15) is 8.78 Å². The molecule has 0 spiro atoms. The molecule has 0 aliphatic heterocycles. The fraction of sp³-hybridized carbons (Fsp3) is 0.500. The molecule has 1 aliphatic carbocycles. The van der Waals surface area contributed by atoms with E-state index < -0.39 is 11.6 Å². The molecule has 0 heterocycles. The lowest BCUT2D eigenvalue weighted by Crippen LogP contribution is -2.22. The number of hydrogen-bond acceptors (Lipinski definition) is 1. The van der Waals surface area contributed by atoms with Crippen LogP contribution in [0.4, 0.5) is 8.78 Å². The first-order valence-corrected chi connectivity index (χ1v) is 5.36. The van der Waals surface area contributed by atoms with Crippen molar-refractivity contribution in [3.63, 3.8) is 0 Å². The van der Waals surface area contributed by atoms with E-state index in [-0.39, 0.29) is 6.04 Å². The Hall–Kier alpha value is -0.960. The smallest absolute Gasteiger partial charge is 0.159 e. The van der Waals surface area contributed by atoms with Crippen LogP contribution in [0.3, 0.4) is 0 Å². The molecule has 0 aromatic heterocycles. The van der Waals surface area contributed by atoms with Gasteiger partial charge in [0.2, 0.25) is 0 Å². The average Bonchev–Trinajstić information content (AvgIpc) is 3.03. The standard InChI is InChI=1S/C12H15F2N/c13-10-5-1-8(7-11(10)14)2-6-12(15)9-3-4-9/h1,5,7,9,12H,2-4,6,15H2. The van der Waals surface area contributed by atoms with Crippen LogP contribution in [0.1, 0.15) is 24.8 Å². The highest BCUT2D eigenvalue weighted by Crippen LogP contribution is 2.33. The quantitative estimate of drug-likeness (QED) is 0.814. The van der Waals surface area contributed by atoms with Gasteiger partial charge in [0, 0.05) is 6.04 Å². The van der Waals surface area contributed by atoms with Crippen molar-refractivity contribution in [2.75, 3.05) is 0 Å². The van der Waals surface area contributed by atoms with Gasteiger partial charge in [-0.3, -0.25) is 0 Å². The predicted molar refractivity (Wildman–Crippen MR) is 55.4 cm³/mol. The first kappa shape index (κ1) is 10.6. The van der Waals surface area contributed by atoms with E-state index in [1.54, 1.807) is 6.07 Å². The fourth-order valence-electron chi connectivity index (χ4n) is 1.79. The van der Waals surface area contributed by atoms with Crippen LogP contribution in [-0.4, -0.2) is 6.04 Å². The Morgan fingerprint density at radius 1 is 1.27 bits per heavy atom. The maximum atomic E-state index is 12.9. The Labute approximate surface area is 88.3 Å². The maximum Gasteiger partial charge on any atom is 0.159 e. The molecule has 0 amide bonds. The molecular weight excluding hydrogens is 196 g/mol. The number of hydrogen-bond donors (Lipinski definition) is 1. The normalized spacial score (nSPS) is 17.8. The minimum absolute atomic E-state index is 0.220. The van der Waals surface area contributed by atoms with Crippen LogP contribution in [0.5, 0.6) is 0 Å². The van der Waals surface area contributed by atoms with Crippen LogP contribution in [0, 0.1) is 17.6 Å². The summed E-state index contributed by atoms with van der Waals surface area (Å²) in [6.07, 6.45) is 4.03. The zero-order valence-electron chi connectivity index (χ0n) is 8.55. The molecule has 1 fully saturated rings. The summed E-state index contributed by atoms with van der Waals surface area (Å²) in [6, 6.07) is 4.28. The molecule has 1 aromatic rings. The lowest BCUT2D eigenvalue weighted by atomic mass is 10.0. The van der Waals surface area contributed by atoms with Gasteiger partial charge in [-0.1, -0.05) is 6.07 Å². The van der Waals surface area contributed by atoms with Gasteiger partial charge < -0.3 is 5.73 Å². The van der Waals surface area contributed by atoms with E-state index in [2.05, 4.69) is 0 Å². The summed E-state index contributed by atoms with van der Waals surface area (Å²) in [7, 11) is 0. The van der Waals surface area contributed by atoms with E-state index in [0.29, 0.717) is 5.92 Å². The number of aryl methyl sites for hydroxylation is 1. The summed E-state index contributed by atoms with van der Waals surface area (Å²) in [4.78, 5) is 0. The van der Waals surface area contributed by atoms with Gasteiger partial charge in [0.25, 0.3) is 0 Å². The second kappa shape index (κ2) is 4.27. The zero-order valence-corrected chi connectivity index (χ0v) is 8.55. The Morgan fingerprint density at radius 2 is 2.00 bits per heavy atom. The Bertz CT molecular complexity index is 347. The van der Waals surface area contributed by atoms with Gasteiger partial charge >= 0.3 is 0 Å². The summed E-state index contributed by atoms with van der Waals surface area (Å²) in [5, 5.41) is 0. The highest BCUT2D eigenvalue weighted by molar-refractivity contribution is 5.18. The summed E-state index contributed by atoms with van der Waals surface area (Å²) < 4.78 is 25.5. The molecule has 1 aromatic carbocycles. The Balaban J connectivity index is 1.89. The molecule has 0 radical (unpaired) electrons. The molecule has 15 heavy (non-hydrogen) atoms. The molecule has 1 saturated carbocycles. The van der Waals surface area contributed by atoms with Gasteiger partial charge in [-0.05, 0) is 49.3 Å². The third kappa shape index (κ3) is 2.75. The first-order chi connectivity index (χ1) is 7.16. The monoisotopic (exact) mass is 211 g/mol. The molecule has 1 atom stereocenters. The molecule has 82 valence electrons. The molecule has 1 unspecified atom stereocenters. The van der Waals surface area contributed by atoms with Crippen LogP contribution in [-0.2, 0) is 6.42 Å². The van der Waals surface area contributed by atoms with Crippen LogP contribution < -0.4 is 5.73 Å². The molecule has 2 rings (SSSR count). The van der Waals surface area contributed by atoms with Crippen LogP contribution in [0.25, 0.3) is 0 Å². The van der Waals surface area contributed by atoms with E-state index in [1.165, 1.54) is 25.0 Å². The van der Waals surface area contributed by atoms with Gasteiger partial charge in [-0.25, -0.2) is 8.78 Å². The number of benzene rings is 1. The molecular formula is C12H15F2N. The van der Waals surface area contributed by atoms with E-state index in [1.807, 2.05) is 0 Å². The van der Waals surface area contributed by atoms with Gasteiger partial charge in [-0.2, -0.15) is 0 Å². The highest BCUT2D eigenvalue weighted by atomic mass is 19.2. The second-order valence-electron chi connectivity index (χ2n) is 4.29. The minimum Gasteiger partial charge on any atom is -0.327 e. The fourth-order valence-corrected chi connectivity index (χ4v) is 1.79. The highest BCUT2D eigenvalue weighted by Gasteiger charge is 2.27. The van der Waals surface area contributed by atoms with Crippen molar-refractivity contribution >= 4 is 0 Å². The average molecular weight is 211 g/mol. The summed E-state index contributed by atoms with van der Waals surface area (Å²) >= 11 is 0. The number of rotatable bonds is 4. The van der Waals surface area contributed by atoms with Crippen molar-refractivity contribution < 1.29 is 8.78 Å². The predicted octanol–water partition coefficient (Wildman–Crippen LogP) is 2.63. The number of halogens is 2. The van der Waals surface area contributed by atoms with Crippen molar-refractivity contribution in [1.82, 2.24) is 0 Å². The Morgan fingerprint density at radius 3 is 2.60 bits per heavy atom. The van der Waals surface area contributed by atoms with Gasteiger partial charge in [-0.15, -0.1) is 0 Å². The largest absolute Gasteiger partial charge is 0.327 e. The maximum absolute atomic E-state index is 12.9. The van der Waals surface area contributed by atoms with Gasteiger partial charge in [0.05, 0.1) is 0 Å². The van der Waals surface area contributed by atoms with E-state index in [0.717, 1.165) is 18.4 Å². The van der Waals surface area contributed by atoms with Crippen molar-refractivity contribution in [3.8, 4) is 0 Å². The molecule has 2 N–H and O–H groups in total. The molecule has 0 saturated heterocycles. The molecule has 1 nitrogen and oxygen atoms in total. The molecule has 3 heteroatoms. The minimum atomic E-state index is -0.787. The van der Waals surface area contributed by atoms with Gasteiger partial charge in [0.1, 0.15) is 0 Å². The van der Waals surface area contributed by atoms with Crippen LogP contribution in [0.15, 0.2) is 18.2 Å². The lowest BCUT2D eigenvalue weighted by molar-refractivity contribution is 0.504. The molecule has 1 aliphatic rings. The second-order valence-corrected chi connectivity index (χ2v) is 4.29. The van der Waals surface area contributed by atoms with Crippen molar-refractivity contribution in [3.05, 3.63) is 35.4 Å². The summed E-state index contributed by atoms with van der Waals surface area (Å²) in [6.45, 7) is 0. The van der Waals surface area contributed by atoms with Crippen molar-refractivity contribution in [2.24, 2.45) is 11.7 Å². The SMILES string of the molecule is NC(CCc1ccc(F)c(F)c1)C1CC1. The summed E-state index contributed by atoms with van der Waals surface area (Å²) in [5.74, 6) is -0.895. The first-order valence-electron chi connectivity index (χ1n) is 5.36. The van der Waals surface area contributed by atoms with Gasteiger partial charge in [0.15, 0.2) is 11.6 Å². The topological polar surface area (TPSA) is 26.0 Å². The number of nitrogens with two attached hydrogens (primary N) is 1. The van der Waals surface area contributed by atoms with Crippen molar-refractivity contribution in [2.45, 2.75) is 31.7 Å². The van der Waals surface area contributed by atoms with Crippen LogP contribution >= 0.6 is 0 Å². The summed E-state index contributed by atoms with van der Waals surface area (Å²) in [5.41, 5.74) is 6.75. The van der Waals surface area contributed by atoms with E-state index >= 15 is 0 Å². The van der Waals surface area contributed by atoms with Crippen LogP contribution in [0.2, 0.25) is 0 Å². The zero-order chi connectivity index (χ0) is 10.8.